The number of carbonyl (C=O) groups is 1. The van der Waals surface area contributed by atoms with Gasteiger partial charge in [-0.25, -0.2) is 0 Å². The molecule has 2 heterocycles. The summed E-state index contributed by atoms with van der Waals surface area (Å²) in [7, 11) is 0. The maximum Gasteiger partial charge on any atom is 0.312 e. The second-order valence-electron chi connectivity index (χ2n) is 7.32. The minimum atomic E-state index is -0.427. The zero-order valence-corrected chi connectivity index (χ0v) is 17.1. The predicted molar refractivity (Wildman–Crippen MR) is 106 cm³/mol. The summed E-state index contributed by atoms with van der Waals surface area (Å²) < 4.78 is 1.58. The van der Waals surface area contributed by atoms with E-state index in [0.29, 0.717) is 40.8 Å². The van der Waals surface area contributed by atoms with Gasteiger partial charge in [-0.15, -0.1) is 11.3 Å². The van der Waals surface area contributed by atoms with E-state index in [0.717, 1.165) is 24.8 Å². The molecule has 0 bridgehead atoms. The van der Waals surface area contributed by atoms with Crippen LogP contribution in [-0.2, 0) is 24.2 Å². The van der Waals surface area contributed by atoms with E-state index in [4.69, 9.17) is 0 Å². The molecule has 0 radical (unpaired) electrons. The Balaban J connectivity index is 1.61. The van der Waals surface area contributed by atoms with Crippen molar-refractivity contribution in [1.29, 1.82) is 5.26 Å². The molecule has 1 aliphatic carbocycles. The second-order valence-corrected chi connectivity index (χ2v) is 8.42. The average molecular weight is 401 g/mol. The van der Waals surface area contributed by atoms with E-state index in [1.165, 1.54) is 16.2 Å². The summed E-state index contributed by atoms with van der Waals surface area (Å²) >= 11 is 1.51. The molecule has 1 aliphatic rings. The van der Waals surface area contributed by atoms with Crippen LogP contribution in [0.3, 0.4) is 0 Å². The van der Waals surface area contributed by atoms with Gasteiger partial charge >= 0.3 is 5.69 Å². The summed E-state index contributed by atoms with van der Waals surface area (Å²) in [4.78, 5) is 24.2. The molecule has 1 atom stereocenters. The highest BCUT2D eigenvalue weighted by molar-refractivity contribution is 7.16. The van der Waals surface area contributed by atoms with Crippen molar-refractivity contribution in [3.8, 4) is 6.07 Å². The molecule has 3 rings (SSSR count). The second kappa shape index (κ2) is 8.10. The molecule has 0 fully saturated rings. The highest BCUT2D eigenvalue weighted by atomic mass is 32.1. The number of hydrogen-bond donors (Lipinski definition) is 1. The maximum atomic E-state index is 12.4. The van der Waals surface area contributed by atoms with E-state index in [2.05, 4.69) is 23.4 Å². The predicted octanol–water partition coefficient (Wildman–Crippen LogP) is 3.89. The van der Waals surface area contributed by atoms with Gasteiger partial charge in [-0.1, -0.05) is 6.92 Å². The molecule has 1 unspecified atom stereocenters. The first kappa shape index (κ1) is 20.0. The summed E-state index contributed by atoms with van der Waals surface area (Å²) in [6, 6.07) is 2.25. The smallest absolute Gasteiger partial charge is 0.312 e. The van der Waals surface area contributed by atoms with Crippen molar-refractivity contribution in [1.82, 2.24) is 9.78 Å². The van der Waals surface area contributed by atoms with Crippen LogP contribution >= 0.6 is 11.3 Å². The molecule has 9 heteroatoms. The number of fused-ring (bicyclic) bond motifs is 1. The Morgan fingerprint density at radius 3 is 2.89 bits per heavy atom. The molecule has 8 nitrogen and oxygen atoms in total. The number of anilines is 1. The van der Waals surface area contributed by atoms with Crippen LogP contribution in [0, 0.1) is 41.2 Å². The lowest BCUT2D eigenvalue weighted by Gasteiger charge is -2.17. The Morgan fingerprint density at radius 1 is 1.50 bits per heavy atom. The molecule has 1 N–H and O–H groups in total. The average Bonchev–Trinajstić information content (AvgIpc) is 3.10. The lowest BCUT2D eigenvalue weighted by Crippen LogP contribution is -2.13. The minimum Gasteiger partial charge on any atom is -0.317 e. The summed E-state index contributed by atoms with van der Waals surface area (Å²) in [5, 5.41) is 28.3. The van der Waals surface area contributed by atoms with Crippen molar-refractivity contribution in [2.24, 2.45) is 5.92 Å². The fraction of sp³-hybridized carbons (Fsp3) is 0.526. The van der Waals surface area contributed by atoms with Crippen molar-refractivity contribution in [3.63, 3.8) is 0 Å². The Kier molecular flexibility index (Phi) is 5.79. The number of nitro groups is 1. The quantitative estimate of drug-likeness (QED) is 0.583. The SMILES string of the molecule is Cc1nn(CCCC(=O)Nc2sc3c(c2C#N)CCC(C)C3)c(C)c1[N+](=O)[O-]. The van der Waals surface area contributed by atoms with E-state index >= 15 is 0 Å². The van der Waals surface area contributed by atoms with Gasteiger partial charge in [-0.3, -0.25) is 19.6 Å². The number of amides is 1. The third kappa shape index (κ3) is 3.92. The van der Waals surface area contributed by atoms with E-state index in [9.17, 15) is 20.2 Å². The number of aryl methyl sites for hydroxylation is 2. The molecule has 0 saturated heterocycles. The monoisotopic (exact) mass is 401 g/mol. The van der Waals surface area contributed by atoms with Crippen LogP contribution in [0.2, 0.25) is 0 Å². The lowest BCUT2D eigenvalue weighted by atomic mass is 9.88. The van der Waals surface area contributed by atoms with Crippen LogP contribution < -0.4 is 5.32 Å². The summed E-state index contributed by atoms with van der Waals surface area (Å²) in [5.74, 6) is 0.449. The van der Waals surface area contributed by atoms with Gasteiger partial charge < -0.3 is 5.32 Å². The summed E-state index contributed by atoms with van der Waals surface area (Å²) in [6.07, 6.45) is 3.69. The Morgan fingerprint density at radius 2 is 2.25 bits per heavy atom. The number of carbonyl (C=O) groups excluding carboxylic acids is 1. The lowest BCUT2D eigenvalue weighted by molar-refractivity contribution is -0.386. The molecule has 28 heavy (non-hydrogen) atoms. The van der Waals surface area contributed by atoms with Crippen molar-refractivity contribution < 1.29 is 9.72 Å². The van der Waals surface area contributed by atoms with Gasteiger partial charge in [0.05, 0.1) is 10.5 Å². The van der Waals surface area contributed by atoms with Gasteiger partial charge in [0.15, 0.2) is 0 Å². The van der Waals surface area contributed by atoms with Crippen LogP contribution in [0.1, 0.15) is 53.6 Å². The zero-order chi connectivity index (χ0) is 20.4. The first-order valence-corrected chi connectivity index (χ1v) is 10.2. The zero-order valence-electron chi connectivity index (χ0n) is 16.2. The van der Waals surface area contributed by atoms with Gasteiger partial charge in [-0.05, 0) is 51.0 Å². The number of nitrogens with zero attached hydrogens (tertiary/aromatic N) is 4. The van der Waals surface area contributed by atoms with Crippen molar-refractivity contribution in [3.05, 3.63) is 37.5 Å². The largest absolute Gasteiger partial charge is 0.317 e. The Bertz CT molecular complexity index is 969. The van der Waals surface area contributed by atoms with Gasteiger partial charge in [-0.2, -0.15) is 10.4 Å². The highest BCUT2D eigenvalue weighted by Crippen LogP contribution is 2.39. The van der Waals surface area contributed by atoms with Gasteiger partial charge in [0.2, 0.25) is 5.91 Å². The number of rotatable bonds is 6. The van der Waals surface area contributed by atoms with Gasteiger partial charge in [0, 0.05) is 17.8 Å². The Labute approximate surface area is 167 Å². The van der Waals surface area contributed by atoms with E-state index < -0.39 is 4.92 Å². The molecular formula is C19H23N5O3S. The highest BCUT2D eigenvalue weighted by Gasteiger charge is 2.25. The van der Waals surface area contributed by atoms with Crippen LogP contribution in [0.5, 0.6) is 0 Å². The molecule has 0 aliphatic heterocycles. The fourth-order valence-electron chi connectivity index (χ4n) is 3.71. The molecule has 0 spiro atoms. The minimum absolute atomic E-state index is 0.0292. The number of nitriles is 1. The standard InChI is InChI=1S/C19H23N5O3S/c1-11-6-7-14-15(10-20)19(28-16(14)9-11)21-17(25)5-4-8-23-13(3)18(24(26)27)12(2)22-23/h11H,4-9H2,1-3H3,(H,21,25). The Hall–Kier alpha value is -2.73. The van der Waals surface area contributed by atoms with Gasteiger partial charge in [0.1, 0.15) is 22.5 Å². The normalized spacial score (nSPS) is 15.7. The van der Waals surface area contributed by atoms with Crippen LogP contribution in [0.15, 0.2) is 0 Å². The number of nitrogens with one attached hydrogen (secondary N) is 1. The van der Waals surface area contributed by atoms with Crippen molar-refractivity contribution >= 4 is 27.9 Å². The molecule has 148 valence electrons. The molecule has 0 saturated carbocycles. The van der Waals surface area contributed by atoms with Crippen molar-refractivity contribution in [2.75, 3.05) is 5.32 Å². The molecular weight excluding hydrogens is 378 g/mol. The van der Waals surface area contributed by atoms with E-state index in [1.54, 1.807) is 18.5 Å². The fourth-order valence-corrected chi connectivity index (χ4v) is 5.08. The van der Waals surface area contributed by atoms with Crippen LogP contribution in [-0.4, -0.2) is 20.6 Å². The van der Waals surface area contributed by atoms with Crippen LogP contribution in [0.4, 0.5) is 10.7 Å². The van der Waals surface area contributed by atoms with E-state index in [1.807, 2.05) is 0 Å². The maximum absolute atomic E-state index is 12.4. The van der Waals surface area contributed by atoms with E-state index in [-0.39, 0.29) is 18.0 Å². The van der Waals surface area contributed by atoms with Crippen molar-refractivity contribution in [2.45, 2.75) is 59.4 Å². The number of thiophene rings is 1. The first-order valence-electron chi connectivity index (χ1n) is 9.34. The summed E-state index contributed by atoms with van der Waals surface area (Å²) in [6.45, 7) is 5.90. The molecule has 0 aromatic carbocycles. The molecule has 1 amide bonds. The number of aromatic nitrogens is 2. The number of hydrogen-bond acceptors (Lipinski definition) is 6. The molecule has 2 aromatic heterocycles. The topological polar surface area (TPSA) is 114 Å². The third-order valence-corrected chi connectivity index (χ3v) is 6.35. The third-order valence-electron chi connectivity index (χ3n) is 5.18. The first-order chi connectivity index (χ1) is 13.3. The molecule has 2 aromatic rings. The van der Waals surface area contributed by atoms with Gasteiger partial charge in [0.25, 0.3) is 0 Å². The van der Waals surface area contributed by atoms with Crippen LogP contribution in [0.25, 0.3) is 0 Å². The summed E-state index contributed by atoms with van der Waals surface area (Å²) in [5.41, 5.74) is 2.60.